The minimum atomic E-state index is -0.999. The lowest BCUT2D eigenvalue weighted by Crippen LogP contribution is -2.63. The van der Waals surface area contributed by atoms with E-state index in [0.717, 1.165) is 16.7 Å². The number of methoxy groups -OCH3 is 1. The second kappa shape index (κ2) is 15.6. The first-order chi connectivity index (χ1) is 19.2. The summed E-state index contributed by atoms with van der Waals surface area (Å²) in [4.78, 5) is 0. The Kier molecular flexibility index (Phi) is 11.7. The maximum absolute atomic E-state index is 11.2. The number of aliphatic hydroxyl groups excluding tert-OH is 1. The molecule has 0 bridgehead atoms. The molecule has 0 saturated carbocycles. The van der Waals surface area contributed by atoms with Crippen LogP contribution in [0.25, 0.3) is 0 Å². The van der Waals surface area contributed by atoms with E-state index in [2.05, 4.69) is 6.58 Å². The van der Waals surface area contributed by atoms with Crippen molar-refractivity contribution in [1.29, 1.82) is 0 Å². The number of ether oxygens (including phenoxy) is 6. The Balaban J connectivity index is 1.61. The summed E-state index contributed by atoms with van der Waals surface area (Å²) in [5, 5.41) is 11.2. The molecule has 1 N–H and O–H groups in total. The van der Waals surface area contributed by atoms with Crippen LogP contribution in [0, 0.1) is 0 Å². The van der Waals surface area contributed by atoms with Gasteiger partial charge in [0.2, 0.25) is 0 Å². The van der Waals surface area contributed by atoms with Gasteiger partial charge in [0.1, 0.15) is 30.5 Å². The van der Waals surface area contributed by atoms with Crippen LogP contribution in [-0.2, 0) is 48.2 Å². The predicted octanol–water partition coefficient (Wildman–Crippen LogP) is 4.68. The highest BCUT2D eigenvalue weighted by atomic mass is 16.7. The molecule has 0 spiro atoms. The molecule has 39 heavy (non-hydrogen) atoms. The lowest BCUT2D eigenvalue weighted by molar-refractivity contribution is -0.331. The first kappa shape index (κ1) is 29.1. The average Bonchev–Trinajstić information content (AvgIpc) is 2.99. The smallest absolute Gasteiger partial charge is 0.186 e. The number of hydrogen-bond acceptors (Lipinski definition) is 7. The molecule has 4 rings (SSSR count). The summed E-state index contributed by atoms with van der Waals surface area (Å²) in [5.74, 6) is 0. The molecular formula is C32H38O7. The van der Waals surface area contributed by atoms with Crippen LogP contribution in [0.2, 0.25) is 0 Å². The first-order valence-electron chi connectivity index (χ1n) is 13.2. The second-order valence-electron chi connectivity index (χ2n) is 9.38. The Bertz CT molecular complexity index is 1080. The molecule has 208 valence electrons. The molecule has 1 aliphatic heterocycles. The Morgan fingerprint density at radius 3 is 1.67 bits per heavy atom. The van der Waals surface area contributed by atoms with E-state index < -0.39 is 36.8 Å². The Morgan fingerprint density at radius 2 is 1.21 bits per heavy atom. The molecule has 0 aliphatic carbocycles. The van der Waals surface area contributed by atoms with Gasteiger partial charge in [0.05, 0.1) is 33.0 Å². The molecule has 0 radical (unpaired) electrons. The third-order valence-corrected chi connectivity index (χ3v) is 6.52. The Morgan fingerprint density at radius 1 is 0.744 bits per heavy atom. The highest BCUT2D eigenvalue weighted by molar-refractivity contribution is 5.15. The molecule has 1 heterocycles. The monoisotopic (exact) mass is 534 g/mol. The normalized spacial score (nSPS) is 23.8. The Labute approximate surface area is 230 Å². The van der Waals surface area contributed by atoms with Crippen molar-refractivity contribution in [2.45, 2.75) is 56.6 Å². The van der Waals surface area contributed by atoms with Crippen molar-refractivity contribution in [3.05, 3.63) is 120 Å². The zero-order valence-electron chi connectivity index (χ0n) is 22.3. The summed E-state index contributed by atoms with van der Waals surface area (Å²) >= 11 is 0. The van der Waals surface area contributed by atoms with Crippen LogP contribution < -0.4 is 0 Å². The average molecular weight is 535 g/mol. The van der Waals surface area contributed by atoms with Gasteiger partial charge in [-0.25, -0.2) is 0 Å². The van der Waals surface area contributed by atoms with Crippen molar-refractivity contribution >= 4 is 0 Å². The number of benzene rings is 3. The SMILES string of the molecule is C=CCOC[C@H](O)[C@H]1O[C@@H](OC)[C@H](OCc2ccccc2)[C@H](OCc2ccccc2)[C@@H]1OCc1ccccc1. The van der Waals surface area contributed by atoms with Crippen LogP contribution in [-0.4, -0.2) is 62.2 Å². The van der Waals surface area contributed by atoms with Crippen LogP contribution in [0.4, 0.5) is 0 Å². The van der Waals surface area contributed by atoms with E-state index in [1.54, 1.807) is 13.2 Å². The van der Waals surface area contributed by atoms with E-state index in [9.17, 15) is 5.11 Å². The predicted molar refractivity (Wildman–Crippen MR) is 148 cm³/mol. The van der Waals surface area contributed by atoms with Gasteiger partial charge in [-0.3, -0.25) is 0 Å². The quantitative estimate of drug-likeness (QED) is 0.224. The zero-order valence-corrected chi connectivity index (χ0v) is 22.3. The summed E-state index contributed by atoms with van der Waals surface area (Å²) in [6, 6.07) is 29.7. The van der Waals surface area contributed by atoms with Crippen molar-refractivity contribution in [2.24, 2.45) is 0 Å². The third kappa shape index (κ3) is 8.55. The zero-order chi connectivity index (χ0) is 27.3. The summed E-state index contributed by atoms with van der Waals surface area (Å²) in [7, 11) is 1.56. The molecule has 3 aromatic carbocycles. The van der Waals surface area contributed by atoms with Crippen molar-refractivity contribution in [3.8, 4) is 0 Å². The molecule has 1 fully saturated rings. The van der Waals surface area contributed by atoms with E-state index in [0.29, 0.717) is 26.4 Å². The van der Waals surface area contributed by atoms with Gasteiger partial charge in [-0.1, -0.05) is 97.1 Å². The molecule has 0 unspecified atom stereocenters. The van der Waals surface area contributed by atoms with Gasteiger partial charge in [0.15, 0.2) is 6.29 Å². The van der Waals surface area contributed by atoms with Crippen molar-refractivity contribution in [1.82, 2.24) is 0 Å². The van der Waals surface area contributed by atoms with Gasteiger partial charge in [-0.2, -0.15) is 0 Å². The third-order valence-electron chi connectivity index (χ3n) is 6.52. The fourth-order valence-electron chi connectivity index (χ4n) is 4.56. The largest absolute Gasteiger partial charge is 0.388 e. The summed E-state index contributed by atoms with van der Waals surface area (Å²) in [6.45, 7) is 4.99. The molecule has 7 nitrogen and oxygen atoms in total. The molecule has 1 saturated heterocycles. The van der Waals surface area contributed by atoms with E-state index in [1.165, 1.54) is 0 Å². The van der Waals surface area contributed by atoms with E-state index >= 15 is 0 Å². The minimum Gasteiger partial charge on any atom is -0.388 e. The first-order valence-corrected chi connectivity index (χ1v) is 13.2. The molecule has 0 aromatic heterocycles. The fraction of sp³-hybridized carbons (Fsp3) is 0.375. The Hall–Kier alpha value is -2.88. The van der Waals surface area contributed by atoms with Crippen LogP contribution >= 0.6 is 0 Å². The van der Waals surface area contributed by atoms with E-state index in [4.69, 9.17) is 28.4 Å². The molecule has 1 aliphatic rings. The number of hydrogen-bond donors (Lipinski definition) is 1. The lowest BCUT2D eigenvalue weighted by atomic mass is 9.94. The van der Waals surface area contributed by atoms with Gasteiger partial charge >= 0.3 is 0 Å². The summed E-state index contributed by atoms with van der Waals surface area (Å²) in [6.07, 6.45) is -2.88. The van der Waals surface area contributed by atoms with Gasteiger partial charge < -0.3 is 33.5 Å². The molecule has 7 heteroatoms. The molecule has 3 aromatic rings. The fourth-order valence-corrected chi connectivity index (χ4v) is 4.56. The highest BCUT2D eigenvalue weighted by Gasteiger charge is 2.50. The van der Waals surface area contributed by atoms with Crippen LogP contribution in [0.3, 0.4) is 0 Å². The molecule has 0 amide bonds. The molecular weight excluding hydrogens is 496 g/mol. The van der Waals surface area contributed by atoms with Crippen LogP contribution in [0.1, 0.15) is 16.7 Å². The van der Waals surface area contributed by atoms with Crippen LogP contribution in [0.15, 0.2) is 104 Å². The van der Waals surface area contributed by atoms with Gasteiger partial charge in [0, 0.05) is 7.11 Å². The van der Waals surface area contributed by atoms with Crippen molar-refractivity contribution in [3.63, 3.8) is 0 Å². The molecule has 6 atom stereocenters. The minimum absolute atomic E-state index is 0.0409. The lowest BCUT2D eigenvalue weighted by Gasteiger charge is -2.46. The van der Waals surface area contributed by atoms with Crippen LogP contribution in [0.5, 0.6) is 0 Å². The second-order valence-corrected chi connectivity index (χ2v) is 9.38. The summed E-state index contributed by atoms with van der Waals surface area (Å²) < 4.78 is 37.0. The van der Waals surface area contributed by atoms with Gasteiger partial charge in [0.25, 0.3) is 0 Å². The number of rotatable bonds is 15. The summed E-state index contributed by atoms with van der Waals surface area (Å²) in [5.41, 5.74) is 3.01. The number of aliphatic hydroxyl groups is 1. The van der Waals surface area contributed by atoms with Crippen molar-refractivity contribution < 1.29 is 33.5 Å². The van der Waals surface area contributed by atoms with Gasteiger partial charge in [-0.15, -0.1) is 6.58 Å². The standard InChI is InChI=1S/C32H38O7/c1-3-19-35-23-27(33)28-29(36-20-24-13-7-4-8-14-24)30(37-21-25-15-9-5-10-16-25)31(32(34-2)39-28)38-22-26-17-11-6-12-18-26/h3-18,27-33H,1,19-23H2,2H3/t27-,28+,29+,30+,31+,32+/m0/s1. The van der Waals surface area contributed by atoms with Gasteiger partial charge in [-0.05, 0) is 16.7 Å². The maximum atomic E-state index is 11.2. The maximum Gasteiger partial charge on any atom is 0.186 e. The van der Waals surface area contributed by atoms with E-state index in [1.807, 2.05) is 91.0 Å². The highest BCUT2D eigenvalue weighted by Crippen LogP contribution is 2.32. The topological polar surface area (TPSA) is 75.6 Å². The van der Waals surface area contributed by atoms with E-state index in [-0.39, 0.29) is 6.61 Å². The van der Waals surface area contributed by atoms with Crippen molar-refractivity contribution in [2.75, 3.05) is 20.3 Å².